The molecule has 0 spiro atoms. The van der Waals surface area contributed by atoms with Gasteiger partial charge in [0, 0.05) is 11.9 Å². The molecule has 0 aliphatic heterocycles. The number of hydrogen-bond donors (Lipinski definition) is 3. The van der Waals surface area contributed by atoms with Crippen molar-refractivity contribution in [3.8, 4) is 5.75 Å². The summed E-state index contributed by atoms with van der Waals surface area (Å²) in [5.74, 6) is 0.164. The van der Waals surface area contributed by atoms with E-state index in [-0.39, 0.29) is 23.8 Å². The number of nitrogens with zero attached hydrogens (tertiary/aromatic N) is 1. The van der Waals surface area contributed by atoms with E-state index in [0.717, 1.165) is 11.3 Å². The molecule has 0 fully saturated rings. The Morgan fingerprint density at radius 3 is 2.50 bits per heavy atom. The number of aromatic nitrogens is 2. The quantitative estimate of drug-likeness (QED) is 0.521. The van der Waals surface area contributed by atoms with Gasteiger partial charge in [-0.2, -0.15) is 5.10 Å². The maximum atomic E-state index is 12.4. The summed E-state index contributed by atoms with van der Waals surface area (Å²) in [6.45, 7) is 2.08. The highest BCUT2D eigenvalue weighted by molar-refractivity contribution is 5.91. The van der Waals surface area contributed by atoms with Crippen molar-refractivity contribution in [2.45, 2.75) is 25.8 Å². The average molecular weight is 408 g/mol. The summed E-state index contributed by atoms with van der Waals surface area (Å²) < 4.78 is 5.12. The Labute approximate surface area is 173 Å². The van der Waals surface area contributed by atoms with Crippen LogP contribution >= 0.6 is 0 Å². The molecule has 3 rings (SSSR count). The van der Waals surface area contributed by atoms with Gasteiger partial charge in [0.2, 0.25) is 11.8 Å². The minimum absolute atomic E-state index is 0.0409. The molecule has 1 atom stereocenters. The molecule has 0 radical (unpaired) electrons. The number of hydrogen-bond acceptors (Lipinski definition) is 5. The molecule has 0 saturated carbocycles. The summed E-state index contributed by atoms with van der Waals surface area (Å²) in [4.78, 5) is 36.5. The van der Waals surface area contributed by atoms with Crippen LogP contribution in [0.15, 0.2) is 53.3 Å². The smallest absolute Gasteiger partial charge is 0.272 e. The van der Waals surface area contributed by atoms with Crippen LogP contribution in [-0.4, -0.2) is 41.7 Å². The Hall–Kier alpha value is -3.68. The minimum Gasteiger partial charge on any atom is -0.497 e. The number of fused-ring (bicyclic) bond motifs is 1. The number of amides is 2. The van der Waals surface area contributed by atoms with E-state index >= 15 is 0 Å². The molecule has 2 aromatic carbocycles. The van der Waals surface area contributed by atoms with Gasteiger partial charge in [0.15, 0.2) is 0 Å². The lowest BCUT2D eigenvalue weighted by molar-refractivity contribution is -0.128. The molecule has 8 heteroatoms. The van der Waals surface area contributed by atoms with Crippen molar-refractivity contribution in [2.24, 2.45) is 0 Å². The van der Waals surface area contributed by atoms with Gasteiger partial charge in [0.25, 0.3) is 5.56 Å². The predicted molar refractivity (Wildman–Crippen MR) is 113 cm³/mol. The highest BCUT2D eigenvalue weighted by Crippen LogP contribution is 2.13. The Bertz CT molecular complexity index is 1090. The third kappa shape index (κ3) is 5.22. The zero-order chi connectivity index (χ0) is 21.5. The largest absolute Gasteiger partial charge is 0.497 e. The van der Waals surface area contributed by atoms with Crippen LogP contribution in [0.25, 0.3) is 10.8 Å². The number of methoxy groups -OCH3 is 1. The third-order valence-corrected chi connectivity index (χ3v) is 4.75. The van der Waals surface area contributed by atoms with Crippen LogP contribution in [0.3, 0.4) is 0 Å². The lowest BCUT2D eigenvalue weighted by Crippen LogP contribution is -2.45. The lowest BCUT2D eigenvalue weighted by Gasteiger charge is -2.14. The highest BCUT2D eigenvalue weighted by atomic mass is 16.5. The number of ether oxygens (including phenoxy) is 1. The van der Waals surface area contributed by atoms with E-state index in [0.29, 0.717) is 29.4 Å². The van der Waals surface area contributed by atoms with Crippen LogP contribution in [0.5, 0.6) is 5.75 Å². The fourth-order valence-electron chi connectivity index (χ4n) is 3.09. The first-order chi connectivity index (χ1) is 14.5. The lowest BCUT2D eigenvalue weighted by atomic mass is 10.1. The van der Waals surface area contributed by atoms with Crippen molar-refractivity contribution < 1.29 is 14.3 Å². The molecule has 0 unspecified atom stereocenters. The molecule has 1 heterocycles. The molecule has 3 aromatic rings. The van der Waals surface area contributed by atoms with Gasteiger partial charge in [-0.1, -0.05) is 30.3 Å². The van der Waals surface area contributed by atoms with E-state index in [1.165, 1.54) is 0 Å². The zero-order valence-electron chi connectivity index (χ0n) is 16.9. The number of aromatic amines is 1. The maximum absolute atomic E-state index is 12.4. The normalized spacial score (nSPS) is 11.7. The molecule has 0 aliphatic carbocycles. The number of H-pyrrole nitrogens is 1. The second-order valence-corrected chi connectivity index (χ2v) is 6.90. The van der Waals surface area contributed by atoms with Gasteiger partial charge < -0.3 is 15.4 Å². The molecular formula is C22H24N4O4. The molecule has 0 aliphatic rings. The number of rotatable bonds is 8. The summed E-state index contributed by atoms with van der Waals surface area (Å²) >= 11 is 0. The number of carbonyl (C=O) groups is 2. The Morgan fingerprint density at radius 2 is 1.80 bits per heavy atom. The van der Waals surface area contributed by atoms with Gasteiger partial charge >= 0.3 is 0 Å². The van der Waals surface area contributed by atoms with Gasteiger partial charge in [0.05, 0.1) is 24.6 Å². The molecule has 3 N–H and O–H groups in total. The number of carbonyl (C=O) groups excluding carboxylic acids is 2. The summed E-state index contributed by atoms with van der Waals surface area (Å²) in [5.41, 5.74) is 1.22. The van der Waals surface area contributed by atoms with Crippen LogP contribution in [0.1, 0.15) is 18.2 Å². The first-order valence-corrected chi connectivity index (χ1v) is 9.64. The molecule has 156 valence electrons. The van der Waals surface area contributed by atoms with Gasteiger partial charge in [-0.3, -0.25) is 14.4 Å². The molecule has 30 heavy (non-hydrogen) atoms. The highest BCUT2D eigenvalue weighted by Gasteiger charge is 2.17. The SMILES string of the molecule is COc1ccc(CCNC(=O)[C@H](C)NC(=O)Cc2n[nH]c(=O)c3ccccc23)cc1. The van der Waals surface area contributed by atoms with Crippen LogP contribution in [0.4, 0.5) is 0 Å². The Kier molecular flexibility index (Phi) is 6.79. The van der Waals surface area contributed by atoms with Crippen LogP contribution in [0, 0.1) is 0 Å². The molecule has 8 nitrogen and oxygen atoms in total. The van der Waals surface area contributed by atoms with E-state index in [2.05, 4.69) is 20.8 Å². The second kappa shape index (κ2) is 9.69. The molecule has 2 amide bonds. The van der Waals surface area contributed by atoms with Crippen molar-refractivity contribution in [1.82, 2.24) is 20.8 Å². The third-order valence-electron chi connectivity index (χ3n) is 4.75. The van der Waals surface area contributed by atoms with Crippen molar-refractivity contribution in [2.75, 3.05) is 13.7 Å². The minimum atomic E-state index is -0.692. The summed E-state index contributed by atoms with van der Waals surface area (Å²) in [6.07, 6.45) is 0.629. The molecule has 1 aromatic heterocycles. The van der Waals surface area contributed by atoms with Gasteiger partial charge in [-0.15, -0.1) is 0 Å². The Morgan fingerprint density at radius 1 is 1.10 bits per heavy atom. The van der Waals surface area contributed by atoms with Gasteiger partial charge in [0.1, 0.15) is 11.8 Å². The van der Waals surface area contributed by atoms with Crippen LogP contribution in [-0.2, 0) is 22.4 Å². The van der Waals surface area contributed by atoms with E-state index in [1.54, 1.807) is 38.3 Å². The summed E-state index contributed by atoms with van der Waals surface area (Å²) in [6, 6.07) is 13.9. The number of nitrogens with one attached hydrogen (secondary N) is 3. The maximum Gasteiger partial charge on any atom is 0.272 e. The van der Waals surface area contributed by atoms with E-state index in [1.807, 2.05) is 24.3 Å². The fraction of sp³-hybridized carbons (Fsp3) is 0.273. The van der Waals surface area contributed by atoms with Crippen molar-refractivity contribution in [1.29, 1.82) is 0 Å². The van der Waals surface area contributed by atoms with Crippen LogP contribution in [0.2, 0.25) is 0 Å². The molecule has 0 saturated heterocycles. The van der Waals surface area contributed by atoms with E-state index < -0.39 is 6.04 Å². The zero-order valence-corrected chi connectivity index (χ0v) is 16.9. The van der Waals surface area contributed by atoms with E-state index in [4.69, 9.17) is 4.74 Å². The summed E-state index contributed by atoms with van der Waals surface area (Å²) in [7, 11) is 1.61. The second-order valence-electron chi connectivity index (χ2n) is 6.90. The standard InChI is InChI=1S/C22H24N4O4/c1-14(21(28)23-12-11-15-7-9-16(30-2)10-8-15)24-20(27)13-19-17-5-3-4-6-18(17)22(29)26-25-19/h3-10,14H,11-13H2,1-2H3,(H,23,28)(H,24,27)(H,26,29)/t14-/m0/s1. The average Bonchev–Trinajstić information content (AvgIpc) is 2.76. The number of benzene rings is 2. The van der Waals surface area contributed by atoms with E-state index in [9.17, 15) is 14.4 Å². The molecular weight excluding hydrogens is 384 g/mol. The van der Waals surface area contributed by atoms with Crippen molar-refractivity contribution in [3.63, 3.8) is 0 Å². The topological polar surface area (TPSA) is 113 Å². The molecule has 0 bridgehead atoms. The predicted octanol–water partition coefficient (Wildman–Crippen LogP) is 1.34. The monoisotopic (exact) mass is 408 g/mol. The first-order valence-electron chi connectivity index (χ1n) is 9.64. The van der Waals surface area contributed by atoms with Gasteiger partial charge in [-0.05, 0) is 37.1 Å². The summed E-state index contributed by atoms with van der Waals surface area (Å²) in [5, 5.41) is 13.0. The Balaban J connectivity index is 1.50. The fourth-order valence-corrected chi connectivity index (χ4v) is 3.09. The van der Waals surface area contributed by atoms with Crippen molar-refractivity contribution in [3.05, 3.63) is 70.1 Å². The van der Waals surface area contributed by atoms with Gasteiger partial charge in [-0.25, -0.2) is 5.10 Å². The van der Waals surface area contributed by atoms with Crippen LogP contribution < -0.4 is 20.9 Å². The first kappa shape index (κ1) is 21.0. The van der Waals surface area contributed by atoms with Crippen molar-refractivity contribution >= 4 is 22.6 Å².